The van der Waals surface area contributed by atoms with Gasteiger partial charge in [-0.3, -0.25) is 9.59 Å². The van der Waals surface area contributed by atoms with E-state index in [2.05, 4.69) is 5.32 Å². The van der Waals surface area contributed by atoms with Gasteiger partial charge in [0.05, 0.1) is 0 Å². The second-order valence-electron chi connectivity index (χ2n) is 10.2. The van der Waals surface area contributed by atoms with Crippen molar-refractivity contribution in [3.05, 3.63) is 112 Å². The van der Waals surface area contributed by atoms with Crippen molar-refractivity contribution < 1.29 is 14.3 Å². The van der Waals surface area contributed by atoms with Gasteiger partial charge in [0.2, 0.25) is 5.91 Å². The van der Waals surface area contributed by atoms with Crippen molar-refractivity contribution >= 4 is 45.8 Å². The van der Waals surface area contributed by atoms with Gasteiger partial charge in [0, 0.05) is 34.4 Å². The number of hydrogen-bond acceptors (Lipinski definition) is 3. The van der Waals surface area contributed by atoms with Crippen molar-refractivity contribution in [2.24, 2.45) is 0 Å². The summed E-state index contributed by atoms with van der Waals surface area (Å²) in [6.45, 7) is -0.0788. The molecule has 1 saturated carbocycles. The van der Waals surface area contributed by atoms with E-state index in [0.717, 1.165) is 42.0 Å². The van der Waals surface area contributed by atoms with Gasteiger partial charge in [-0.1, -0.05) is 109 Å². The van der Waals surface area contributed by atoms with Gasteiger partial charge in [-0.05, 0) is 47.6 Å². The smallest absolute Gasteiger partial charge is 0.261 e. The maximum Gasteiger partial charge on any atom is 0.261 e. The molecule has 1 aliphatic rings. The van der Waals surface area contributed by atoms with Crippen LogP contribution in [0.1, 0.15) is 36.8 Å². The molecule has 1 atom stereocenters. The summed E-state index contributed by atoms with van der Waals surface area (Å²) < 4.78 is 6.09. The Labute approximate surface area is 245 Å². The lowest BCUT2D eigenvalue weighted by Crippen LogP contribution is -2.53. The molecule has 0 bridgehead atoms. The van der Waals surface area contributed by atoms with Crippen molar-refractivity contribution in [1.29, 1.82) is 0 Å². The lowest BCUT2D eigenvalue weighted by atomic mass is 10.0. The van der Waals surface area contributed by atoms with Crippen molar-refractivity contribution in [2.75, 3.05) is 6.61 Å². The van der Waals surface area contributed by atoms with Gasteiger partial charge in [0.1, 0.15) is 11.8 Å². The fraction of sp³-hybridized carbons (Fsp3) is 0.273. The highest BCUT2D eigenvalue weighted by molar-refractivity contribution is 6.35. The van der Waals surface area contributed by atoms with Crippen molar-refractivity contribution in [2.45, 2.75) is 50.7 Å². The first-order valence-electron chi connectivity index (χ1n) is 13.7. The van der Waals surface area contributed by atoms with E-state index in [-0.39, 0.29) is 31.0 Å². The van der Waals surface area contributed by atoms with E-state index >= 15 is 0 Å². The van der Waals surface area contributed by atoms with Crippen molar-refractivity contribution in [3.63, 3.8) is 0 Å². The zero-order valence-electron chi connectivity index (χ0n) is 22.2. The minimum atomic E-state index is -0.752. The Balaban J connectivity index is 1.46. The molecule has 7 heteroatoms. The second-order valence-corrected chi connectivity index (χ2v) is 11.1. The molecule has 4 aromatic carbocycles. The summed E-state index contributed by atoms with van der Waals surface area (Å²) in [4.78, 5) is 29.4. The first kappa shape index (κ1) is 28.0. The summed E-state index contributed by atoms with van der Waals surface area (Å²) in [5, 5.41) is 6.10. The van der Waals surface area contributed by atoms with E-state index in [9.17, 15) is 9.59 Å². The maximum absolute atomic E-state index is 14.0. The Hall–Kier alpha value is -3.54. The number of amides is 2. The highest BCUT2D eigenvalue weighted by atomic mass is 35.5. The number of hydrogen-bond donors (Lipinski definition) is 1. The first-order chi connectivity index (χ1) is 19.5. The normalized spacial score (nSPS) is 14.2. The zero-order valence-corrected chi connectivity index (χ0v) is 23.7. The number of benzene rings is 4. The Morgan fingerprint density at radius 2 is 1.62 bits per heavy atom. The summed E-state index contributed by atoms with van der Waals surface area (Å²) in [6.07, 6.45) is 4.45. The Bertz CT molecular complexity index is 1470. The predicted molar refractivity (Wildman–Crippen MR) is 161 cm³/mol. The Morgan fingerprint density at radius 1 is 0.900 bits per heavy atom. The van der Waals surface area contributed by atoms with E-state index in [0.29, 0.717) is 27.8 Å². The molecule has 0 aromatic heterocycles. The largest absolute Gasteiger partial charge is 0.483 e. The molecule has 0 aliphatic heterocycles. The molecular weight excluding hydrogens is 543 g/mol. The lowest BCUT2D eigenvalue weighted by molar-refractivity contribution is -0.143. The van der Waals surface area contributed by atoms with Gasteiger partial charge in [0.25, 0.3) is 5.91 Å². The molecule has 0 heterocycles. The molecule has 206 valence electrons. The molecule has 40 heavy (non-hydrogen) atoms. The van der Waals surface area contributed by atoms with Gasteiger partial charge < -0.3 is 15.0 Å². The van der Waals surface area contributed by atoms with Crippen LogP contribution in [0.25, 0.3) is 10.8 Å². The monoisotopic (exact) mass is 574 g/mol. The third-order valence-electron chi connectivity index (χ3n) is 7.43. The number of carbonyl (C=O) groups is 2. The second kappa shape index (κ2) is 13.2. The topological polar surface area (TPSA) is 58.6 Å². The summed E-state index contributed by atoms with van der Waals surface area (Å²) in [7, 11) is 0. The molecule has 1 aliphatic carbocycles. The standard InChI is InChI=1S/C33H32Cl2N2O3/c34-26-18-17-25(29(35)20-26)21-37(32(38)22-40-31-16-8-12-24-11-4-7-15-28(24)31)30(19-23-9-2-1-3-10-23)33(39)36-27-13-5-6-14-27/h1-4,7-12,15-18,20,27,30H,5-6,13-14,19,21-22H2,(H,36,39)/t30-/m1/s1. The van der Waals surface area contributed by atoms with Crippen LogP contribution in [0.5, 0.6) is 5.75 Å². The zero-order chi connectivity index (χ0) is 27.9. The third-order valence-corrected chi connectivity index (χ3v) is 8.02. The van der Waals surface area contributed by atoms with Gasteiger partial charge >= 0.3 is 0 Å². The maximum atomic E-state index is 14.0. The van der Waals surface area contributed by atoms with E-state index < -0.39 is 6.04 Å². The van der Waals surface area contributed by atoms with Crippen LogP contribution in [-0.2, 0) is 22.6 Å². The average Bonchev–Trinajstić information content (AvgIpc) is 3.48. The van der Waals surface area contributed by atoms with E-state index in [1.54, 1.807) is 23.1 Å². The lowest BCUT2D eigenvalue weighted by Gasteiger charge is -2.32. The molecule has 0 radical (unpaired) electrons. The molecule has 1 N–H and O–H groups in total. The highest BCUT2D eigenvalue weighted by Gasteiger charge is 2.33. The van der Waals surface area contributed by atoms with Crippen LogP contribution >= 0.6 is 23.2 Å². The molecule has 2 amide bonds. The van der Waals surface area contributed by atoms with Gasteiger partial charge in [-0.2, -0.15) is 0 Å². The first-order valence-corrected chi connectivity index (χ1v) is 14.4. The number of nitrogens with one attached hydrogen (secondary N) is 1. The van der Waals surface area contributed by atoms with Gasteiger partial charge in [0.15, 0.2) is 6.61 Å². The number of ether oxygens (including phenoxy) is 1. The molecule has 0 saturated heterocycles. The van der Waals surface area contributed by atoms with Crippen LogP contribution in [-0.4, -0.2) is 35.4 Å². The number of halogens is 2. The van der Waals surface area contributed by atoms with Crippen molar-refractivity contribution in [3.8, 4) is 5.75 Å². The minimum Gasteiger partial charge on any atom is -0.483 e. The third kappa shape index (κ3) is 6.96. The van der Waals surface area contributed by atoms with Crippen molar-refractivity contribution in [1.82, 2.24) is 10.2 Å². The number of carbonyl (C=O) groups excluding carboxylic acids is 2. The Morgan fingerprint density at radius 3 is 2.40 bits per heavy atom. The fourth-order valence-corrected chi connectivity index (χ4v) is 5.77. The van der Waals surface area contributed by atoms with E-state index in [1.165, 1.54) is 0 Å². The molecule has 4 aromatic rings. The van der Waals surface area contributed by atoms with Crippen LogP contribution in [0.3, 0.4) is 0 Å². The molecular formula is C33H32Cl2N2O3. The van der Waals surface area contributed by atoms with Crippen LogP contribution in [0, 0.1) is 0 Å². The summed E-state index contributed by atoms with van der Waals surface area (Å²) in [5.74, 6) is 0.145. The summed E-state index contributed by atoms with van der Waals surface area (Å²) in [6, 6.07) is 27.9. The Kier molecular flexibility index (Phi) is 9.25. The molecule has 5 nitrogen and oxygen atoms in total. The average molecular weight is 576 g/mol. The predicted octanol–water partition coefficient (Wildman–Crippen LogP) is 7.22. The minimum absolute atomic E-state index is 0.119. The molecule has 5 rings (SSSR count). The van der Waals surface area contributed by atoms with E-state index in [4.69, 9.17) is 27.9 Å². The number of rotatable bonds is 10. The summed E-state index contributed by atoms with van der Waals surface area (Å²) in [5.41, 5.74) is 1.67. The van der Waals surface area contributed by atoms with Crippen LogP contribution in [0.4, 0.5) is 0 Å². The van der Waals surface area contributed by atoms with Crippen LogP contribution in [0.2, 0.25) is 10.0 Å². The number of nitrogens with zero attached hydrogens (tertiary/aromatic N) is 1. The molecule has 0 spiro atoms. The SMILES string of the molecule is O=C(NC1CCCC1)[C@@H](Cc1ccccc1)N(Cc1ccc(Cl)cc1Cl)C(=O)COc1cccc2ccccc12. The van der Waals surface area contributed by atoms with Gasteiger partial charge in [-0.15, -0.1) is 0 Å². The van der Waals surface area contributed by atoms with Crippen LogP contribution in [0.15, 0.2) is 91.0 Å². The van der Waals surface area contributed by atoms with Gasteiger partial charge in [-0.25, -0.2) is 0 Å². The van der Waals surface area contributed by atoms with E-state index in [1.807, 2.05) is 72.8 Å². The fourth-order valence-electron chi connectivity index (χ4n) is 5.30. The quantitative estimate of drug-likeness (QED) is 0.217. The van der Waals surface area contributed by atoms with Crippen LogP contribution < -0.4 is 10.1 Å². The molecule has 1 fully saturated rings. The number of fused-ring (bicyclic) bond motifs is 1. The molecule has 0 unspecified atom stereocenters. The summed E-state index contributed by atoms with van der Waals surface area (Å²) >= 11 is 12.7. The highest BCUT2D eigenvalue weighted by Crippen LogP contribution is 2.27.